The first kappa shape index (κ1) is 24.1. The second-order valence-electron chi connectivity index (χ2n) is 7.62. The van der Waals surface area contributed by atoms with Crippen LogP contribution in [-0.4, -0.2) is 28.5 Å². The van der Waals surface area contributed by atoms with Gasteiger partial charge in [0, 0.05) is 48.3 Å². The Morgan fingerprint density at radius 2 is 1.71 bits per heavy atom. The Hall–Kier alpha value is -4.05. The molecule has 180 valence electrons. The fraction of sp³-hybridized carbons (Fsp3) is 0.125. The van der Waals surface area contributed by atoms with Crippen molar-refractivity contribution in [3.8, 4) is 0 Å². The molecule has 35 heavy (non-hydrogen) atoms. The van der Waals surface area contributed by atoms with Gasteiger partial charge in [-0.15, -0.1) is 0 Å². The third-order valence-corrected chi connectivity index (χ3v) is 5.53. The van der Waals surface area contributed by atoms with Crippen LogP contribution in [0.15, 0.2) is 67.0 Å². The number of rotatable bonds is 5. The number of nitrogens with one attached hydrogen (secondary N) is 3. The van der Waals surface area contributed by atoms with Crippen LogP contribution in [0.2, 0.25) is 5.02 Å². The number of amides is 3. The molecule has 0 atom stereocenters. The van der Waals surface area contributed by atoms with Gasteiger partial charge in [-0.25, -0.2) is 4.79 Å². The lowest BCUT2D eigenvalue weighted by molar-refractivity contribution is -0.137. The van der Waals surface area contributed by atoms with Crippen molar-refractivity contribution >= 4 is 45.8 Å². The maximum atomic E-state index is 13.0. The number of nitrogens with zero attached hydrogens (tertiary/aromatic N) is 2. The SMILES string of the molecule is CNC(=O)c1cc(Cn2ccc3cc(NC(=O)Nc4ccc(Cl)c(C(F)(F)F)c4)ccc32)ccn1. The van der Waals surface area contributed by atoms with Crippen LogP contribution in [0.4, 0.5) is 29.3 Å². The molecule has 0 bridgehead atoms. The number of pyridine rings is 1. The summed E-state index contributed by atoms with van der Waals surface area (Å²) in [5, 5.41) is 7.93. The summed E-state index contributed by atoms with van der Waals surface area (Å²) in [4.78, 5) is 28.2. The van der Waals surface area contributed by atoms with Crippen LogP contribution in [0.1, 0.15) is 21.6 Å². The Morgan fingerprint density at radius 3 is 2.43 bits per heavy atom. The number of carbonyl (C=O) groups is 2. The fourth-order valence-corrected chi connectivity index (χ4v) is 3.78. The summed E-state index contributed by atoms with van der Waals surface area (Å²) >= 11 is 5.61. The number of anilines is 2. The van der Waals surface area contributed by atoms with Crippen molar-refractivity contribution in [3.63, 3.8) is 0 Å². The lowest BCUT2D eigenvalue weighted by Gasteiger charge is -2.12. The standard InChI is InChI=1S/C24H19ClF3N5O2/c1-29-22(34)20-10-14(6-8-30-20)13-33-9-7-15-11-16(3-5-21(15)33)31-23(35)32-17-2-4-19(25)18(12-17)24(26,27)28/h2-12H,13H2,1H3,(H,29,34)(H2,31,32,35). The van der Waals surface area contributed by atoms with Gasteiger partial charge >= 0.3 is 12.2 Å². The molecular formula is C24H19ClF3N5O2. The van der Waals surface area contributed by atoms with Crippen LogP contribution >= 0.6 is 11.6 Å². The average molecular weight is 502 g/mol. The molecule has 2 aromatic heterocycles. The van der Waals surface area contributed by atoms with Gasteiger partial charge in [-0.05, 0) is 60.2 Å². The lowest BCUT2D eigenvalue weighted by Crippen LogP contribution is -2.20. The highest BCUT2D eigenvalue weighted by molar-refractivity contribution is 6.31. The van der Waals surface area contributed by atoms with E-state index in [4.69, 9.17) is 11.6 Å². The first-order chi connectivity index (χ1) is 16.6. The summed E-state index contributed by atoms with van der Waals surface area (Å²) in [6, 6.07) is 13.1. The molecule has 4 rings (SSSR count). The van der Waals surface area contributed by atoms with Crippen LogP contribution in [0, 0.1) is 0 Å². The molecule has 2 aromatic carbocycles. The molecule has 0 aliphatic carbocycles. The van der Waals surface area contributed by atoms with Crippen molar-refractivity contribution in [3.05, 3.63) is 88.8 Å². The van der Waals surface area contributed by atoms with E-state index in [1.807, 2.05) is 29.0 Å². The van der Waals surface area contributed by atoms with E-state index < -0.39 is 22.8 Å². The molecule has 0 saturated carbocycles. The molecule has 0 aliphatic heterocycles. The topological polar surface area (TPSA) is 88.0 Å². The largest absolute Gasteiger partial charge is 0.417 e. The van der Waals surface area contributed by atoms with Crippen LogP contribution in [0.5, 0.6) is 0 Å². The van der Waals surface area contributed by atoms with Gasteiger partial charge in [-0.3, -0.25) is 9.78 Å². The predicted molar refractivity (Wildman–Crippen MR) is 128 cm³/mol. The van der Waals surface area contributed by atoms with Crippen LogP contribution in [-0.2, 0) is 12.7 Å². The fourth-order valence-electron chi connectivity index (χ4n) is 3.55. The Kier molecular flexibility index (Phi) is 6.65. The van der Waals surface area contributed by atoms with Crippen molar-refractivity contribution in [2.75, 3.05) is 17.7 Å². The number of carbonyl (C=O) groups excluding carboxylic acids is 2. The molecule has 0 radical (unpaired) electrons. The first-order valence-electron chi connectivity index (χ1n) is 10.3. The van der Waals surface area contributed by atoms with E-state index in [2.05, 4.69) is 20.9 Å². The molecule has 0 fully saturated rings. The van der Waals surface area contributed by atoms with E-state index in [1.54, 1.807) is 24.4 Å². The Labute approximate surface area is 202 Å². The minimum Gasteiger partial charge on any atom is -0.354 e. The zero-order valence-corrected chi connectivity index (χ0v) is 19.0. The molecule has 7 nitrogen and oxygen atoms in total. The van der Waals surface area contributed by atoms with Gasteiger partial charge < -0.3 is 20.5 Å². The zero-order chi connectivity index (χ0) is 25.2. The number of halogens is 4. The minimum absolute atomic E-state index is 0.0417. The number of alkyl halides is 3. The van der Waals surface area contributed by atoms with E-state index in [0.29, 0.717) is 17.9 Å². The number of aromatic nitrogens is 2. The highest BCUT2D eigenvalue weighted by Crippen LogP contribution is 2.36. The number of hydrogen-bond donors (Lipinski definition) is 3. The van der Waals surface area contributed by atoms with Crippen molar-refractivity contribution in [1.29, 1.82) is 0 Å². The summed E-state index contributed by atoms with van der Waals surface area (Å²) in [5.74, 6) is -0.272. The third-order valence-electron chi connectivity index (χ3n) is 5.20. The van der Waals surface area contributed by atoms with Crippen LogP contribution in [0.3, 0.4) is 0 Å². The van der Waals surface area contributed by atoms with E-state index in [0.717, 1.165) is 28.6 Å². The summed E-state index contributed by atoms with van der Waals surface area (Å²) < 4.78 is 41.1. The third kappa shape index (κ3) is 5.55. The minimum atomic E-state index is -4.64. The molecule has 0 spiro atoms. The van der Waals surface area contributed by atoms with Gasteiger partial charge in [0.15, 0.2) is 0 Å². The second-order valence-corrected chi connectivity index (χ2v) is 8.02. The van der Waals surface area contributed by atoms with E-state index in [-0.39, 0.29) is 11.6 Å². The molecule has 0 saturated heterocycles. The first-order valence-corrected chi connectivity index (χ1v) is 10.7. The van der Waals surface area contributed by atoms with Crippen molar-refractivity contribution < 1.29 is 22.8 Å². The molecule has 3 N–H and O–H groups in total. The van der Waals surface area contributed by atoms with Crippen LogP contribution in [0.25, 0.3) is 10.9 Å². The summed E-state index contributed by atoms with van der Waals surface area (Å²) in [7, 11) is 1.54. The second kappa shape index (κ2) is 9.67. The zero-order valence-electron chi connectivity index (χ0n) is 18.3. The van der Waals surface area contributed by atoms with Gasteiger partial charge in [0.1, 0.15) is 5.69 Å². The van der Waals surface area contributed by atoms with Gasteiger partial charge in [-0.1, -0.05) is 11.6 Å². The average Bonchev–Trinajstić information content (AvgIpc) is 3.21. The summed E-state index contributed by atoms with van der Waals surface area (Å²) in [6.45, 7) is 0.501. The molecular weight excluding hydrogens is 483 g/mol. The highest BCUT2D eigenvalue weighted by Gasteiger charge is 2.33. The highest BCUT2D eigenvalue weighted by atomic mass is 35.5. The van der Waals surface area contributed by atoms with E-state index >= 15 is 0 Å². The molecule has 11 heteroatoms. The Bertz CT molecular complexity index is 1420. The van der Waals surface area contributed by atoms with E-state index in [1.165, 1.54) is 13.1 Å². The Morgan fingerprint density at radius 1 is 1.00 bits per heavy atom. The number of hydrogen-bond acceptors (Lipinski definition) is 3. The maximum absolute atomic E-state index is 13.0. The monoisotopic (exact) mass is 501 g/mol. The van der Waals surface area contributed by atoms with Crippen molar-refractivity contribution in [2.45, 2.75) is 12.7 Å². The molecule has 2 heterocycles. The summed E-state index contributed by atoms with van der Waals surface area (Å²) in [5.41, 5.74) is 1.49. The number of urea groups is 1. The number of fused-ring (bicyclic) bond motifs is 1. The normalized spacial score (nSPS) is 11.3. The van der Waals surface area contributed by atoms with E-state index in [9.17, 15) is 22.8 Å². The maximum Gasteiger partial charge on any atom is 0.417 e. The van der Waals surface area contributed by atoms with Gasteiger partial charge in [0.05, 0.1) is 10.6 Å². The molecule has 0 unspecified atom stereocenters. The van der Waals surface area contributed by atoms with Crippen LogP contribution < -0.4 is 16.0 Å². The number of benzene rings is 2. The molecule has 0 aliphatic rings. The van der Waals surface area contributed by atoms with Crippen molar-refractivity contribution in [1.82, 2.24) is 14.9 Å². The summed E-state index contributed by atoms with van der Waals surface area (Å²) in [6.07, 6.45) is -1.19. The van der Waals surface area contributed by atoms with Crippen molar-refractivity contribution in [2.24, 2.45) is 0 Å². The quantitative estimate of drug-likeness (QED) is 0.325. The van der Waals surface area contributed by atoms with Gasteiger partial charge in [0.25, 0.3) is 5.91 Å². The molecule has 4 aromatic rings. The predicted octanol–water partition coefficient (Wildman–Crippen LogP) is 5.76. The smallest absolute Gasteiger partial charge is 0.354 e. The Balaban J connectivity index is 1.47. The molecule has 3 amide bonds. The van der Waals surface area contributed by atoms with Gasteiger partial charge in [0.2, 0.25) is 0 Å². The lowest BCUT2D eigenvalue weighted by atomic mass is 10.2. The van der Waals surface area contributed by atoms with Gasteiger partial charge in [-0.2, -0.15) is 13.2 Å².